The van der Waals surface area contributed by atoms with E-state index in [0.717, 1.165) is 10.8 Å². The molecular formula is C18H14F2O4S. The minimum Gasteiger partial charge on any atom is -0.483 e. The van der Waals surface area contributed by atoms with Crippen molar-refractivity contribution < 1.29 is 27.8 Å². The first-order valence-corrected chi connectivity index (χ1v) is 8.33. The Labute approximate surface area is 146 Å². The standard InChI is InChI=1S/C18H14F2O4S/c1-2-22-18(21)24-17-16(12-7-3-4-9-14(12)25-17)23-10-11-6-5-8-13(19)15(11)20/h3-9H,2,10H2,1H3. The van der Waals surface area contributed by atoms with Crippen molar-refractivity contribution in [2.45, 2.75) is 13.5 Å². The Morgan fingerprint density at radius 3 is 2.72 bits per heavy atom. The molecule has 0 aliphatic rings. The van der Waals surface area contributed by atoms with Crippen LogP contribution in [0.3, 0.4) is 0 Å². The van der Waals surface area contributed by atoms with Crippen molar-refractivity contribution >= 4 is 27.6 Å². The van der Waals surface area contributed by atoms with Gasteiger partial charge in [0.05, 0.1) is 6.61 Å². The summed E-state index contributed by atoms with van der Waals surface area (Å²) in [5.41, 5.74) is 0.0670. The van der Waals surface area contributed by atoms with E-state index in [4.69, 9.17) is 14.2 Å². The average molecular weight is 364 g/mol. The number of halogens is 2. The fourth-order valence-electron chi connectivity index (χ4n) is 2.24. The SMILES string of the molecule is CCOC(=O)Oc1sc2ccccc2c1OCc1cccc(F)c1F. The molecule has 3 aromatic rings. The van der Waals surface area contributed by atoms with Crippen molar-refractivity contribution in [2.75, 3.05) is 6.61 Å². The number of carbonyl (C=O) groups excluding carboxylic acids is 1. The smallest absolute Gasteiger partial charge is 0.483 e. The molecule has 0 saturated carbocycles. The van der Waals surface area contributed by atoms with Gasteiger partial charge in [0.1, 0.15) is 6.61 Å². The summed E-state index contributed by atoms with van der Waals surface area (Å²) in [6.45, 7) is 1.63. The molecule has 0 spiro atoms. The molecule has 2 aromatic carbocycles. The molecule has 130 valence electrons. The third-order valence-electron chi connectivity index (χ3n) is 3.36. The highest BCUT2D eigenvalue weighted by Gasteiger charge is 2.19. The van der Waals surface area contributed by atoms with Gasteiger partial charge in [-0.1, -0.05) is 35.6 Å². The van der Waals surface area contributed by atoms with Gasteiger partial charge >= 0.3 is 6.16 Å². The van der Waals surface area contributed by atoms with E-state index in [1.807, 2.05) is 12.1 Å². The fourth-order valence-corrected chi connectivity index (χ4v) is 3.22. The third-order valence-corrected chi connectivity index (χ3v) is 4.39. The summed E-state index contributed by atoms with van der Waals surface area (Å²) in [5.74, 6) is -1.62. The molecule has 0 amide bonds. The maximum absolute atomic E-state index is 13.8. The van der Waals surface area contributed by atoms with Crippen LogP contribution in [0.15, 0.2) is 42.5 Å². The zero-order chi connectivity index (χ0) is 17.8. The summed E-state index contributed by atoms with van der Waals surface area (Å²) < 4.78 is 43.6. The normalized spacial score (nSPS) is 10.7. The molecule has 0 saturated heterocycles. The lowest BCUT2D eigenvalue weighted by atomic mass is 10.2. The maximum Gasteiger partial charge on any atom is 0.514 e. The van der Waals surface area contributed by atoms with Crippen LogP contribution < -0.4 is 9.47 Å². The summed E-state index contributed by atoms with van der Waals surface area (Å²) in [6.07, 6.45) is -0.851. The van der Waals surface area contributed by atoms with E-state index in [1.165, 1.54) is 23.5 Å². The average Bonchev–Trinajstić information content (AvgIpc) is 2.93. The van der Waals surface area contributed by atoms with Gasteiger partial charge in [-0.3, -0.25) is 0 Å². The molecule has 1 aromatic heterocycles. The van der Waals surface area contributed by atoms with Crippen LogP contribution in [0, 0.1) is 11.6 Å². The van der Waals surface area contributed by atoms with Gasteiger partial charge in [-0.05, 0) is 25.1 Å². The molecule has 4 nitrogen and oxygen atoms in total. The first kappa shape index (κ1) is 17.2. The van der Waals surface area contributed by atoms with Crippen LogP contribution in [0.2, 0.25) is 0 Å². The molecule has 0 fully saturated rings. The molecule has 0 N–H and O–H groups in total. The second-order valence-corrected chi connectivity index (χ2v) is 6.02. The van der Waals surface area contributed by atoms with E-state index in [1.54, 1.807) is 19.1 Å². The van der Waals surface area contributed by atoms with Gasteiger partial charge in [-0.15, -0.1) is 0 Å². The fraction of sp³-hybridized carbons (Fsp3) is 0.167. The molecule has 0 unspecified atom stereocenters. The van der Waals surface area contributed by atoms with E-state index in [9.17, 15) is 13.6 Å². The van der Waals surface area contributed by atoms with Crippen LogP contribution >= 0.6 is 11.3 Å². The van der Waals surface area contributed by atoms with Gasteiger partial charge in [0, 0.05) is 15.6 Å². The molecule has 7 heteroatoms. The highest BCUT2D eigenvalue weighted by atomic mass is 32.1. The van der Waals surface area contributed by atoms with Gasteiger partial charge in [0.2, 0.25) is 5.06 Å². The molecule has 1 heterocycles. The van der Waals surface area contributed by atoms with Crippen molar-refractivity contribution in [3.63, 3.8) is 0 Å². The Morgan fingerprint density at radius 1 is 1.12 bits per heavy atom. The van der Waals surface area contributed by atoms with Crippen LogP contribution in [0.4, 0.5) is 13.6 Å². The number of carbonyl (C=O) groups is 1. The Hall–Kier alpha value is -2.67. The quantitative estimate of drug-likeness (QED) is 0.577. The Bertz CT molecular complexity index is 907. The molecule has 0 aliphatic heterocycles. The third kappa shape index (κ3) is 3.71. The van der Waals surface area contributed by atoms with Gasteiger partial charge in [-0.2, -0.15) is 0 Å². The van der Waals surface area contributed by atoms with E-state index in [2.05, 4.69) is 0 Å². The van der Waals surface area contributed by atoms with Crippen molar-refractivity contribution in [1.29, 1.82) is 0 Å². The lowest BCUT2D eigenvalue weighted by Crippen LogP contribution is -2.10. The van der Waals surface area contributed by atoms with Crippen molar-refractivity contribution in [3.8, 4) is 10.8 Å². The zero-order valence-corrected chi connectivity index (χ0v) is 14.1. The van der Waals surface area contributed by atoms with Gasteiger partial charge in [0.25, 0.3) is 0 Å². The predicted molar refractivity (Wildman–Crippen MR) is 90.2 cm³/mol. The number of hydrogen-bond acceptors (Lipinski definition) is 5. The molecule has 0 atom stereocenters. The molecule has 0 aliphatic carbocycles. The summed E-state index contributed by atoms with van der Waals surface area (Å²) in [5, 5.41) is 0.917. The highest BCUT2D eigenvalue weighted by molar-refractivity contribution is 7.21. The van der Waals surface area contributed by atoms with Gasteiger partial charge < -0.3 is 14.2 Å². The summed E-state index contributed by atoms with van der Waals surface area (Å²) in [6, 6.07) is 11.1. The molecule has 3 rings (SSSR count). The first-order chi connectivity index (χ1) is 12.1. The Kier molecular flexibility index (Phi) is 5.14. The van der Waals surface area contributed by atoms with Crippen LogP contribution in [-0.4, -0.2) is 12.8 Å². The van der Waals surface area contributed by atoms with Crippen LogP contribution in [0.5, 0.6) is 10.8 Å². The Balaban J connectivity index is 1.90. The predicted octanol–water partition coefficient (Wildman–Crippen LogP) is 5.29. The monoisotopic (exact) mass is 364 g/mol. The van der Waals surface area contributed by atoms with Gasteiger partial charge in [0.15, 0.2) is 17.4 Å². The van der Waals surface area contributed by atoms with E-state index in [0.29, 0.717) is 5.39 Å². The minimum absolute atomic E-state index is 0.0670. The zero-order valence-electron chi connectivity index (χ0n) is 13.3. The molecule has 25 heavy (non-hydrogen) atoms. The number of fused-ring (bicyclic) bond motifs is 1. The maximum atomic E-state index is 13.8. The highest BCUT2D eigenvalue weighted by Crippen LogP contribution is 2.44. The Morgan fingerprint density at radius 2 is 1.92 bits per heavy atom. The molecule has 0 radical (unpaired) electrons. The van der Waals surface area contributed by atoms with E-state index >= 15 is 0 Å². The minimum atomic E-state index is -0.963. The molecular weight excluding hydrogens is 350 g/mol. The van der Waals surface area contributed by atoms with E-state index < -0.39 is 17.8 Å². The number of hydrogen-bond donors (Lipinski definition) is 0. The summed E-state index contributed by atoms with van der Waals surface area (Å²) >= 11 is 1.20. The second kappa shape index (κ2) is 7.48. The van der Waals surface area contributed by atoms with Gasteiger partial charge in [-0.25, -0.2) is 13.6 Å². The lowest BCUT2D eigenvalue weighted by molar-refractivity contribution is 0.104. The number of ether oxygens (including phenoxy) is 3. The summed E-state index contributed by atoms with van der Waals surface area (Å²) in [4.78, 5) is 11.6. The summed E-state index contributed by atoms with van der Waals surface area (Å²) in [7, 11) is 0. The van der Waals surface area contributed by atoms with Crippen molar-refractivity contribution in [2.24, 2.45) is 0 Å². The molecule has 0 bridgehead atoms. The first-order valence-electron chi connectivity index (χ1n) is 7.52. The van der Waals surface area contributed by atoms with Crippen molar-refractivity contribution in [1.82, 2.24) is 0 Å². The largest absolute Gasteiger partial charge is 0.514 e. The second-order valence-electron chi connectivity index (χ2n) is 5.00. The van der Waals surface area contributed by atoms with E-state index in [-0.39, 0.29) is 29.6 Å². The van der Waals surface area contributed by atoms with Crippen LogP contribution in [-0.2, 0) is 11.3 Å². The lowest BCUT2D eigenvalue weighted by Gasteiger charge is -2.09. The van der Waals surface area contributed by atoms with Crippen LogP contribution in [0.1, 0.15) is 12.5 Å². The topological polar surface area (TPSA) is 44.8 Å². The number of rotatable bonds is 5. The van der Waals surface area contributed by atoms with Crippen molar-refractivity contribution in [3.05, 3.63) is 59.7 Å². The number of benzene rings is 2. The number of thiophene rings is 1. The van der Waals surface area contributed by atoms with Crippen LogP contribution in [0.25, 0.3) is 10.1 Å².